The van der Waals surface area contributed by atoms with Crippen LogP contribution >= 0.6 is 0 Å². The van der Waals surface area contributed by atoms with Crippen molar-refractivity contribution in [2.24, 2.45) is 7.05 Å². The van der Waals surface area contributed by atoms with Crippen molar-refractivity contribution >= 4 is 21.0 Å². The molecule has 132 valence electrons. The Kier molecular flexibility index (Phi) is 4.02. The molecule has 3 heterocycles. The fourth-order valence-corrected chi connectivity index (χ4v) is 3.44. The molecule has 0 saturated heterocycles. The molecular formula is C15H13F3N4O2S. The predicted octanol–water partition coefficient (Wildman–Crippen LogP) is 2.84. The quantitative estimate of drug-likeness (QED) is 0.708. The van der Waals surface area contributed by atoms with Crippen molar-refractivity contribution in [3.63, 3.8) is 0 Å². The maximum absolute atomic E-state index is 12.8. The van der Waals surface area contributed by atoms with Gasteiger partial charge in [-0.2, -0.15) is 13.2 Å². The minimum atomic E-state index is -4.54. The first-order valence-electron chi connectivity index (χ1n) is 7.23. The van der Waals surface area contributed by atoms with Crippen LogP contribution in [0.25, 0.3) is 22.7 Å². The van der Waals surface area contributed by atoms with Gasteiger partial charge in [-0.15, -0.1) is 0 Å². The summed E-state index contributed by atoms with van der Waals surface area (Å²) in [6, 6.07) is 3.76. The van der Waals surface area contributed by atoms with E-state index in [-0.39, 0.29) is 33.3 Å². The number of hydrogen-bond acceptors (Lipinski definition) is 5. The van der Waals surface area contributed by atoms with Gasteiger partial charge in [0.15, 0.2) is 21.3 Å². The Morgan fingerprint density at radius 2 is 1.96 bits per heavy atom. The molecule has 0 bridgehead atoms. The lowest BCUT2D eigenvalue weighted by atomic mass is 10.2. The van der Waals surface area contributed by atoms with Gasteiger partial charge in [0, 0.05) is 19.4 Å². The lowest BCUT2D eigenvalue weighted by Gasteiger charge is -2.08. The van der Waals surface area contributed by atoms with Gasteiger partial charge in [-0.25, -0.2) is 18.4 Å². The van der Waals surface area contributed by atoms with E-state index in [0.29, 0.717) is 0 Å². The molecule has 0 aliphatic carbocycles. The minimum Gasteiger partial charge on any atom is -0.310 e. The third-order valence-corrected chi connectivity index (χ3v) is 5.49. The number of imidazole rings is 1. The number of hydrogen-bond donors (Lipinski definition) is 0. The van der Waals surface area contributed by atoms with Crippen LogP contribution in [0.15, 0.2) is 35.5 Å². The molecule has 0 N–H and O–H groups in total. The Hall–Kier alpha value is -2.49. The SMILES string of the molecule is CCS(=O)(=O)c1cccnc1-c1nc2cc(C(F)(F)F)cnc2n1C. The second-order valence-corrected chi connectivity index (χ2v) is 7.56. The Labute approximate surface area is 141 Å². The summed E-state index contributed by atoms with van der Waals surface area (Å²) in [7, 11) is -2.04. The van der Waals surface area contributed by atoms with Crippen LogP contribution in [0, 0.1) is 0 Å². The maximum atomic E-state index is 12.8. The van der Waals surface area contributed by atoms with Crippen LogP contribution in [-0.4, -0.2) is 33.7 Å². The molecule has 3 aromatic rings. The van der Waals surface area contributed by atoms with Crippen LogP contribution in [-0.2, 0) is 23.1 Å². The second-order valence-electron chi connectivity index (χ2n) is 5.31. The Morgan fingerprint density at radius 1 is 1.24 bits per heavy atom. The smallest absolute Gasteiger partial charge is 0.310 e. The van der Waals surface area contributed by atoms with Gasteiger partial charge in [0.05, 0.1) is 16.2 Å². The van der Waals surface area contributed by atoms with Gasteiger partial charge in [-0.3, -0.25) is 4.98 Å². The first-order chi connectivity index (χ1) is 11.6. The zero-order valence-electron chi connectivity index (χ0n) is 13.2. The highest BCUT2D eigenvalue weighted by Crippen LogP contribution is 2.32. The molecule has 25 heavy (non-hydrogen) atoms. The molecule has 0 aliphatic rings. The Balaban J connectivity index is 2.26. The lowest BCUT2D eigenvalue weighted by Crippen LogP contribution is -2.08. The Bertz CT molecular complexity index is 1060. The number of aromatic nitrogens is 4. The third kappa shape index (κ3) is 2.97. The Morgan fingerprint density at radius 3 is 2.60 bits per heavy atom. The largest absolute Gasteiger partial charge is 0.417 e. The third-order valence-electron chi connectivity index (χ3n) is 3.73. The van der Waals surface area contributed by atoms with Crippen LogP contribution in [0.1, 0.15) is 12.5 Å². The van der Waals surface area contributed by atoms with Crippen molar-refractivity contribution in [1.29, 1.82) is 0 Å². The molecule has 0 aliphatic heterocycles. The number of pyridine rings is 2. The number of halogens is 3. The number of nitrogens with zero attached hydrogens (tertiary/aromatic N) is 4. The molecule has 0 atom stereocenters. The van der Waals surface area contributed by atoms with E-state index >= 15 is 0 Å². The molecule has 10 heteroatoms. The van der Waals surface area contributed by atoms with Crippen molar-refractivity contribution in [3.8, 4) is 11.5 Å². The van der Waals surface area contributed by atoms with E-state index in [2.05, 4.69) is 15.0 Å². The van der Waals surface area contributed by atoms with Gasteiger partial charge in [0.1, 0.15) is 11.2 Å². The summed E-state index contributed by atoms with van der Waals surface area (Å²) in [5.41, 5.74) is -0.628. The highest BCUT2D eigenvalue weighted by molar-refractivity contribution is 7.91. The van der Waals surface area contributed by atoms with E-state index < -0.39 is 21.6 Å². The van der Waals surface area contributed by atoms with Crippen LogP contribution in [0.4, 0.5) is 13.2 Å². The first-order valence-corrected chi connectivity index (χ1v) is 8.88. The summed E-state index contributed by atoms with van der Waals surface area (Å²) in [6.07, 6.45) is -2.42. The molecule has 0 spiro atoms. The molecular weight excluding hydrogens is 357 g/mol. The lowest BCUT2D eigenvalue weighted by molar-refractivity contribution is -0.137. The molecule has 3 rings (SSSR count). The molecule has 0 aromatic carbocycles. The topological polar surface area (TPSA) is 77.7 Å². The van der Waals surface area contributed by atoms with Crippen LogP contribution in [0.2, 0.25) is 0 Å². The average molecular weight is 370 g/mol. The number of sulfone groups is 1. The fraction of sp³-hybridized carbons (Fsp3) is 0.267. The monoisotopic (exact) mass is 370 g/mol. The zero-order chi connectivity index (χ0) is 18.4. The molecule has 3 aromatic heterocycles. The van der Waals surface area contributed by atoms with E-state index in [1.165, 1.54) is 29.8 Å². The summed E-state index contributed by atoms with van der Waals surface area (Å²) in [6.45, 7) is 1.50. The summed E-state index contributed by atoms with van der Waals surface area (Å²) in [5, 5.41) is 0. The number of aryl methyl sites for hydroxylation is 1. The number of rotatable bonds is 3. The molecule has 0 unspecified atom stereocenters. The predicted molar refractivity (Wildman–Crippen MR) is 84.5 cm³/mol. The van der Waals surface area contributed by atoms with Gasteiger partial charge >= 0.3 is 6.18 Å². The highest BCUT2D eigenvalue weighted by atomic mass is 32.2. The highest BCUT2D eigenvalue weighted by Gasteiger charge is 2.32. The van der Waals surface area contributed by atoms with Crippen LogP contribution < -0.4 is 0 Å². The van der Waals surface area contributed by atoms with Gasteiger partial charge in [0.2, 0.25) is 0 Å². The summed E-state index contributed by atoms with van der Waals surface area (Å²) < 4.78 is 64.5. The van der Waals surface area contributed by atoms with Crippen molar-refractivity contribution in [3.05, 3.63) is 36.2 Å². The summed E-state index contributed by atoms with van der Waals surface area (Å²) in [5.74, 6) is 0.000920. The zero-order valence-corrected chi connectivity index (χ0v) is 14.1. The van der Waals surface area contributed by atoms with Crippen molar-refractivity contribution in [1.82, 2.24) is 19.5 Å². The standard InChI is InChI=1S/C15H13F3N4O2S/c1-3-25(23,24)11-5-4-6-19-12(11)14-21-10-7-9(15(16,17)18)8-20-13(10)22(14)2/h4-8H,3H2,1-2H3. The van der Waals surface area contributed by atoms with Gasteiger partial charge in [-0.1, -0.05) is 6.92 Å². The van der Waals surface area contributed by atoms with E-state index in [0.717, 1.165) is 12.3 Å². The van der Waals surface area contributed by atoms with Crippen LogP contribution in [0.5, 0.6) is 0 Å². The van der Waals surface area contributed by atoms with E-state index in [1.807, 2.05) is 0 Å². The van der Waals surface area contributed by atoms with Gasteiger partial charge < -0.3 is 4.57 Å². The molecule has 0 radical (unpaired) electrons. The average Bonchev–Trinajstić information content (AvgIpc) is 2.90. The number of fused-ring (bicyclic) bond motifs is 1. The second kappa shape index (κ2) is 5.80. The molecule has 0 amide bonds. The van der Waals surface area contributed by atoms with Crippen LogP contribution in [0.3, 0.4) is 0 Å². The first kappa shape index (κ1) is 17.3. The van der Waals surface area contributed by atoms with Gasteiger partial charge in [0.25, 0.3) is 0 Å². The van der Waals surface area contributed by atoms with Crippen molar-refractivity contribution in [2.45, 2.75) is 18.0 Å². The molecule has 6 nitrogen and oxygen atoms in total. The van der Waals surface area contributed by atoms with Gasteiger partial charge in [-0.05, 0) is 18.2 Å². The van der Waals surface area contributed by atoms with Crippen molar-refractivity contribution in [2.75, 3.05) is 5.75 Å². The summed E-state index contributed by atoms with van der Waals surface area (Å²) >= 11 is 0. The number of alkyl halides is 3. The molecule has 0 saturated carbocycles. The fourth-order valence-electron chi connectivity index (χ4n) is 2.41. The summed E-state index contributed by atoms with van der Waals surface area (Å²) in [4.78, 5) is 12.0. The normalized spacial score (nSPS) is 12.7. The van der Waals surface area contributed by atoms with E-state index in [1.54, 1.807) is 7.05 Å². The minimum absolute atomic E-state index is 0.0119. The van der Waals surface area contributed by atoms with E-state index in [4.69, 9.17) is 0 Å². The molecule has 0 fully saturated rings. The maximum Gasteiger partial charge on any atom is 0.417 e. The van der Waals surface area contributed by atoms with E-state index in [9.17, 15) is 21.6 Å². The van der Waals surface area contributed by atoms with Crippen molar-refractivity contribution < 1.29 is 21.6 Å².